The quantitative estimate of drug-likeness (QED) is 0.364. The molecule has 174 valence electrons. The van der Waals surface area contributed by atoms with Crippen LogP contribution in [-0.2, 0) is 4.79 Å². The standard InChI is InChI=1S/C27H28FN5O/c1-17(29)15-24(30)21-9-10-23(28)25-22(16-31-26(21)25)18(2)27(34)33-13-11-32(12-14-33)19(3)20-7-5-4-6-8-20/h4-10,16,30-31H,1-3,11-15,29H2. The summed E-state index contributed by atoms with van der Waals surface area (Å²) in [4.78, 5) is 20.2. The van der Waals surface area contributed by atoms with Gasteiger partial charge in [-0.2, -0.15) is 0 Å². The van der Waals surface area contributed by atoms with Gasteiger partial charge in [-0.05, 0) is 17.7 Å². The molecule has 0 spiro atoms. The number of nitrogens with two attached hydrogens (primary N) is 1. The molecule has 6 nitrogen and oxygen atoms in total. The SMILES string of the molecule is C=C(N)CC(=N)c1ccc(F)c2c(C(=C)C(=O)N3CCN(C(=C)c4ccccc4)CC3)c[nH]c12. The second kappa shape index (κ2) is 9.39. The van der Waals surface area contributed by atoms with Crippen molar-refractivity contribution < 1.29 is 9.18 Å². The van der Waals surface area contributed by atoms with Crippen LogP contribution in [0.15, 0.2) is 74.1 Å². The first-order valence-corrected chi connectivity index (χ1v) is 11.1. The van der Waals surface area contributed by atoms with Crippen molar-refractivity contribution in [2.75, 3.05) is 26.2 Å². The number of aromatic amines is 1. The Kier molecular flexibility index (Phi) is 6.36. The van der Waals surface area contributed by atoms with E-state index in [1.54, 1.807) is 11.1 Å². The van der Waals surface area contributed by atoms with E-state index in [1.165, 1.54) is 12.1 Å². The molecule has 1 aliphatic rings. The molecule has 1 saturated heterocycles. The maximum absolute atomic E-state index is 14.8. The van der Waals surface area contributed by atoms with Gasteiger partial charge in [0.15, 0.2) is 0 Å². The van der Waals surface area contributed by atoms with Gasteiger partial charge < -0.3 is 25.9 Å². The van der Waals surface area contributed by atoms with Crippen molar-refractivity contribution in [3.05, 3.63) is 96.6 Å². The molecule has 2 aromatic carbocycles. The largest absolute Gasteiger partial charge is 0.402 e. The van der Waals surface area contributed by atoms with Crippen LogP contribution in [0.1, 0.15) is 23.1 Å². The third kappa shape index (κ3) is 4.37. The van der Waals surface area contributed by atoms with Crippen molar-refractivity contribution >= 4 is 33.8 Å². The van der Waals surface area contributed by atoms with Crippen LogP contribution in [0.25, 0.3) is 22.2 Å². The van der Waals surface area contributed by atoms with Gasteiger partial charge in [0.1, 0.15) is 5.82 Å². The summed E-state index contributed by atoms with van der Waals surface area (Å²) in [5.41, 5.74) is 9.78. The molecule has 7 heteroatoms. The maximum Gasteiger partial charge on any atom is 0.254 e. The van der Waals surface area contributed by atoms with Crippen LogP contribution >= 0.6 is 0 Å². The van der Waals surface area contributed by atoms with E-state index in [0.717, 1.165) is 11.3 Å². The van der Waals surface area contributed by atoms with E-state index in [9.17, 15) is 9.18 Å². The van der Waals surface area contributed by atoms with E-state index in [0.29, 0.717) is 48.5 Å². The van der Waals surface area contributed by atoms with E-state index < -0.39 is 5.82 Å². The zero-order valence-corrected chi connectivity index (χ0v) is 19.0. The number of carbonyl (C=O) groups is 1. The fourth-order valence-corrected chi connectivity index (χ4v) is 4.32. The molecule has 0 aliphatic carbocycles. The molecule has 1 fully saturated rings. The average Bonchev–Trinajstić information content (AvgIpc) is 3.29. The Balaban J connectivity index is 1.51. The molecule has 2 heterocycles. The van der Waals surface area contributed by atoms with Crippen molar-refractivity contribution in [3.8, 4) is 0 Å². The second-order valence-electron chi connectivity index (χ2n) is 8.43. The number of allylic oxidation sites excluding steroid dienone is 1. The van der Waals surface area contributed by atoms with Crippen LogP contribution in [0, 0.1) is 11.2 Å². The van der Waals surface area contributed by atoms with Gasteiger partial charge in [0.25, 0.3) is 5.91 Å². The fourth-order valence-electron chi connectivity index (χ4n) is 4.32. The van der Waals surface area contributed by atoms with E-state index in [4.69, 9.17) is 11.1 Å². The number of halogens is 1. The number of nitrogens with zero attached hydrogens (tertiary/aromatic N) is 2. The topological polar surface area (TPSA) is 89.2 Å². The molecule has 0 radical (unpaired) electrons. The molecule has 0 atom stereocenters. The number of piperazine rings is 1. The zero-order chi connectivity index (χ0) is 24.4. The summed E-state index contributed by atoms with van der Waals surface area (Å²) in [5, 5.41) is 8.55. The normalized spacial score (nSPS) is 13.7. The predicted octanol–water partition coefficient (Wildman–Crippen LogP) is 4.37. The number of carbonyl (C=O) groups excluding carboxylic acids is 1. The van der Waals surface area contributed by atoms with Crippen LogP contribution in [-0.4, -0.2) is 52.6 Å². The first-order valence-electron chi connectivity index (χ1n) is 11.1. The third-order valence-electron chi connectivity index (χ3n) is 6.15. The Labute approximate surface area is 198 Å². The van der Waals surface area contributed by atoms with E-state index >= 15 is 0 Å². The molecule has 1 aromatic heterocycles. The van der Waals surface area contributed by atoms with Gasteiger partial charge in [-0.1, -0.05) is 50.1 Å². The van der Waals surface area contributed by atoms with Crippen LogP contribution in [0.3, 0.4) is 0 Å². The highest BCUT2D eigenvalue weighted by Crippen LogP contribution is 2.31. The van der Waals surface area contributed by atoms with Gasteiger partial charge in [0.05, 0.1) is 5.52 Å². The highest BCUT2D eigenvalue weighted by atomic mass is 19.1. The molecular weight excluding hydrogens is 429 g/mol. The summed E-state index contributed by atoms with van der Waals surface area (Å²) in [6, 6.07) is 12.8. The number of nitrogens with one attached hydrogen (secondary N) is 2. The Hall–Kier alpha value is -4.13. The zero-order valence-electron chi connectivity index (χ0n) is 19.0. The Morgan fingerprint density at radius 3 is 2.29 bits per heavy atom. The number of rotatable bonds is 7. The van der Waals surface area contributed by atoms with Crippen molar-refractivity contribution in [2.24, 2.45) is 5.73 Å². The van der Waals surface area contributed by atoms with E-state index in [1.807, 2.05) is 30.3 Å². The van der Waals surface area contributed by atoms with Crippen LogP contribution < -0.4 is 5.73 Å². The van der Waals surface area contributed by atoms with Crippen LogP contribution in [0.4, 0.5) is 4.39 Å². The minimum Gasteiger partial charge on any atom is -0.402 e. The summed E-state index contributed by atoms with van der Waals surface area (Å²) in [7, 11) is 0. The lowest BCUT2D eigenvalue weighted by atomic mass is 9.99. The molecule has 3 aromatic rings. The summed E-state index contributed by atoms with van der Waals surface area (Å²) < 4.78 is 14.8. The number of H-pyrrole nitrogens is 1. The van der Waals surface area contributed by atoms with Gasteiger partial charge >= 0.3 is 0 Å². The number of hydrogen-bond acceptors (Lipinski definition) is 4. The smallest absolute Gasteiger partial charge is 0.254 e. The highest BCUT2D eigenvalue weighted by Gasteiger charge is 2.26. The third-order valence-corrected chi connectivity index (χ3v) is 6.15. The highest BCUT2D eigenvalue weighted by molar-refractivity contribution is 6.23. The maximum atomic E-state index is 14.8. The van der Waals surface area contributed by atoms with Gasteiger partial charge in [-0.15, -0.1) is 0 Å². The average molecular weight is 458 g/mol. The molecule has 4 rings (SSSR count). The Morgan fingerprint density at radius 2 is 1.65 bits per heavy atom. The molecule has 1 amide bonds. The summed E-state index contributed by atoms with van der Waals surface area (Å²) in [5.74, 6) is -0.714. The van der Waals surface area contributed by atoms with Gasteiger partial charge in [0, 0.05) is 78.0 Å². The van der Waals surface area contributed by atoms with Gasteiger partial charge in [-0.25, -0.2) is 4.39 Å². The van der Waals surface area contributed by atoms with Crippen LogP contribution in [0.2, 0.25) is 0 Å². The minimum absolute atomic E-state index is 0.174. The first kappa shape index (κ1) is 23.0. The fraction of sp³-hybridized carbons (Fsp3) is 0.185. The van der Waals surface area contributed by atoms with Gasteiger partial charge in [0.2, 0.25) is 0 Å². The Bertz CT molecular complexity index is 1300. The van der Waals surface area contributed by atoms with Crippen molar-refractivity contribution in [2.45, 2.75) is 6.42 Å². The number of hydrogen-bond donors (Lipinski definition) is 3. The molecule has 4 N–H and O–H groups in total. The number of aromatic nitrogens is 1. The molecule has 0 bridgehead atoms. The van der Waals surface area contributed by atoms with Crippen LogP contribution in [0.5, 0.6) is 0 Å². The molecule has 34 heavy (non-hydrogen) atoms. The monoisotopic (exact) mass is 457 g/mol. The molecule has 0 unspecified atom stereocenters. The summed E-state index contributed by atoms with van der Waals surface area (Å²) in [6.45, 7) is 14.2. The lowest BCUT2D eigenvalue weighted by Gasteiger charge is -2.37. The van der Waals surface area contributed by atoms with E-state index in [2.05, 4.69) is 29.6 Å². The summed E-state index contributed by atoms with van der Waals surface area (Å²) in [6.07, 6.45) is 1.75. The van der Waals surface area contributed by atoms with Crippen molar-refractivity contribution in [1.82, 2.24) is 14.8 Å². The number of fused-ring (bicyclic) bond motifs is 1. The number of benzene rings is 2. The molecular formula is C27H28FN5O. The lowest BCUT2D eigenvalue weighted by Crippen LogP contribution is -2.47. The Morgan fingerprint density at radius 1 is 1.00 bits per heavy atom. The first-order chi connectivity index (χ1) is 16.3. The molecule has 1 aliphatic heterocycles. The van der Waals surface area contributed by atoms with Gasteiger partial charge in [-0.3, -0.25) is 4.79 Å². The summed E-state index contributed by atoms with van der Waals surface area (Å²) >= 11 is 0. The van der Waals surface area contributed by atoms with Crippen molar-refractivity contribution in [1.29, 1.82) is 5.41 Å². The minimum atomic E-state index is -0.479. The van der Waals surface area contributed by atoms with Crippen molar-refractivity contribution in [3.63, 3.8) is 0 Å². The predicted molar refractivity (Wildman–Crippen MR) is 136 cm³/mol. The number of amides is 1. The molecule has 0 saturated carbocycles. The second-order valence-corrected chi connectivity index (χ2v) is 8.43. The lowest BCUT2D eigenvalue weighted by molar-refractivity contribution is -0.126. The van der Waals surface area contributed by atoms with E-state index in [-0.39, 0.29) is 29.0 Å².